The smallest absolute Gasteiger partial charge is 0.321 e. The molecule has 1 aliphatic carbocycles. The number of amides is 3. The molecule has 2 aromatic heterocycles. The monoisotopic (exact) mass is 377 g/mol. The predicted octanol–water partition coefficient (Wildman–Crippen LogP) is 2.57. The lowest BCUT2D eigenvalue weighted by Crippen LogP contribution is -2.48. The Balaban J connectivity index is 1.47. The van der Waals surface area contributed by atoms with E-state index in [4.69, 9.17) is 4.42 Å². The van der Waals surface area contributed by atoms with Gasteiger partial charge in [-0.1, -0.05) is 31.5 Å². The van der Waals surface area contributed by atoms with Crippen molar-refractivity contribution in [1.29, 1.82) is 0 Å². The first-order chi connectivity index (χ1) is 12.5. The highest BCUT2D eigenvalue weighted by Crippen LogP contribution is 2.24. The fourth-order valence-electron chi connectivity index (χ4n) is 3.09. The molecule has 1 fully saturated rings. The van der Waals surface area contributed by atoms with Crippen LogP contribution in [0.4, 0.5) is 4.79 Å². The largest absolute Gasteiger partial charge is 0.461 e. The molecule has 2 unspecified atom stereocenters. The number of nitrogens with one attached hydrogen (secondary N) is 2. The van der Waals surface area contributed by atoms with E-state index in [1.54, 1.807) is 30.0 Å². The van der Waals surface area contributed by atoms with Gasteiger partial charge in [0.2, 0.25) is 5.91 Å². The van der Waals surface area contributed by atoms with Gasteiger partial charge >= 0.3 is 6.03 Å². The van der Waals surface area contributed by atoms with E-state index in [2.05, 4.69) is 27.8 Å². The van der Waals surface area contributed by atoms with Gasteiger partial charge in [0.15, 0.2) is 16.7 Å². The Kier molecular flexibility index (Phi) is 5.97. The molecule has 2 atom stereocenters. The number of carbonyl (C=O) groups excluding carboxylic acids is 2. The first-order valence-corrected chi connectivity index (χ1v) is 9.69. The van der Waals surface area contributed by atoms with Crippen molar-refractivity contribution < 1.29 is 14.0 Å². The number of hydrogen-bond donors (Lipinski definition) is 2. The SMILES string of the molecule is CC1CCCCC1NC(=O)NC(=O)CSc1nnc(-c2ccco2)n1C. The maximum absolute atomic E-state index is 12.0. The standard InChI is InChI=1S/C17H23N5O3S/c1-11-6-3-4-7-12(11)18-16(24)19-14(23)10-26-17-21-20-15(22(17)2)13-8-5-9-25-13/h5,8-9,11-12H,3-4,6-7,10H2,1-2H3,(H2,18,19,23,24). The maximum Gasteiger partial charge on any atom is 0.321 e. The quantitative estimate of drug-likeness (QED) is 0.777. The van der Waals surface area contributed by atoms with E-state index < -0.39 is 6.03 Å². The molecule has 2 aromatic rings. The van der Waals surface area contributed by atoms with Crippen molar-refractivity contribution in [2.75, 3.05) is 5.75 Å². The Hall–Kier alpha value is -2.29. The molecule has 1 aliphatic rings. The number of aromatic nitrogens is 3. The normalized spacial score (nSPS) is 19.9. The number of hydrogen-bond acceptors (Lipinski definition) is 6. The average Bonchev–Trinajstić information content (AvgIpc) is 3.25. The maximum atomic E-state index is 12.0. The van der Waals surface area contributed by atoms with Gasteiger partial charge in [-0.3, -0.25) is 10.1 Å². The second kappa shape index (κ2) is 8.39. The van der Waals surface area contributed by atoms with Crippen LogP contribution in [-0.4, -0.2) is 38.5 Å². The molecule has 26 heavy (non-hydrogen) atoms. The summed E-state index contributed by atoms with van der Waals surface area (Å²) >= 11 is 1.22. The third kappa shape index (κ3) is 4.46. The van der Waals surface area contributed by atoms with Crippen LogP contribution in [0.25, 0.3) is 11.6 Å². The van der Waals surface area contributed by atoms with Gasteiger partial charge in [0, 0.05) is 13.1 Å². The Labute approximate surface area is 156 Å². The number of carbonyl (C=O) groups is 2. The van der Waals surface area contributed by atoms with Crippen LogP contribution in [-0.2, 0) is 11.8 Å². The van der Waals surface area contributed by atoms with Crippen LogP contribution in [0.5, 0.6) is 0 Å². The zero-order chi connectivity index (χ0) is 18.5. The Morgan fingerprint density at radius 3 is 2.88 bits per heavy atom. The number of nitrogens with zero attached hydrogens (tertiary/aromatic N) is 3. The summed E-state index contributed by atoms with van der Waals surface area (Å²) in [6.45, 7) is 2.13. The molecule has 3 amide bonds. The van der Waals surface area contributed by atoms with Gasteiger partial charge in [-0.25, -0.2) is 4.79 Å². The number of rotatable bonds is 5. The van der Waals surface area contributed by atoms with E-state index in [0.29, 0.717) is 22.7 Å². The van der Waals surface area contributed by atoms with Gasteiger partial charge in [0.1, 0.15) is 0 Å². The summed E-state index contributed by atoms with van der Waals surface area (Å²) in [7, 11) is 1.80. The van der Waals surface area contributed by atoms with Gasteiger partial charge < -0.3 is 14.3 Å². The second-order valence-corrected chi connectivity index (χ2v) is 7.46. The van der Waals surface area contributed by atoms with Crippen LogP contribution < -0.4 is 10.6 Å². The van der Waals surface area contributed by atoms with Crippen LogP contribution >= 0.6 is 11.8 Å². The summed E-state index contributed by atoms with van der Waals surface area (Å²) in [6, 6.07) is 3.28. The second-order valence-electron chi connectivity index (χ2n) is 6.52. The molecule has 0 aliphatic heterocycles. The molecule has 2 N–H and O–H groups in total. The molecule has 0 radical (unpaired) electrons. The Bertz CT molecular complexity index is 759. The molecule has 0 aromatic carbocycles. The van der Waals surface area contributed by atoms with E-state index in [-0.39, 0.29) is 17.7 Å². The minimum Gasteiger partial charge on any atom is -0.461 e. The minimum absolute atomic E-state index is 0.0811. The fourth-order valence-corrected chi connectivity index (χ4v) is 3.80. The third-order valence-electron chi connectivity index (χ3n) is 4.59. The number of thioether (sulfide) groups is 1. The topological polar surface area (TPSA) is 102 Å². The van der Waals surface area contributed by atoms with Crippen LogP contribution in [0.15, 0.2) is 28.0 Å². The first kappa shape index (κ1) is 18.5. The lowest BCUT2D eigenvalue weighted by Gasteiger charge is -2.29. The van der Waals surface area contributed by atoms with Gasteiger partial charge in [-0.15, -0.1) is 10.2 Å². The third-order valence-corrected chi connectivity index (χ3v) is 5.61. The van der Waals surface area contributed by atoms with E-state index in [1.165, 1.54) is 18.2 Å². The first-order valence-electron chi connectivity index (χ1n) is 8.71. The predicted molar refractivity (Wildman–Crippen MR) is 97.5 cm³/mol. The highest BCUT2D eigenvalue weighted by atomic mass is 32.2. The molecule has 0 saturated heterocycles. The molecular weight excluding hydrogens is 354 g/mol. The molecule has 0 spiro atoms. The van der Waals surface area contributed by atoms with Crippen LogP contribution in [0.1, 0.15) is 32.6 Å². The number of furan rings is 1. The summed E-state index contributed by atoms with van der Waals surface area (Å²) in [5.41, 5.74) is 0. The van der Waals surface area contributed by atoms with Crippen molar-refractivity contribution in [2.24, 2.45) is 13.0 Å². The fraction of sp³-hybridized carbons (Fsp3) is 0.529. The average molecular weight is 377 g/mol. The molecule has 3 rings (SSSR count). The van der Waals surface area contributed by atoms with Crippen molar-refractivity contribution in [1.82, 2.24) is 25.4 Å². The summed E-state index contributed by atoms with van der Waals surface area (Å²) in [5, 5.41) is 14.0. The van der Waals surface area contributed by atoms with Crippen LogP contribution in [0, 0.1) is 5.92 Å². The molecular formula is C17H23N5O3S. The molecule has 8 nitrogen and oxygen atoms in total. The molecule has 0 bridgehead atoms. The number of imide groups is 1. The minimum atomic E-state index is -0.427. The van der Waals surface area contributed by atoms with Crippen LogP contribution in [0.2, 0.25) is 0 Å². The zero-order valence-corrected chi connectivity index (χ0v) is 15.7. The Morgan fingerprint density at radius 1 is 1.35 bits per heavy atom. The highest BCUT2D eigenvalue weighted by molar-refractivity contribution is 7.99. The van der Waals surface area contributed by atoms with E-state index in [0.717, 1.165) is 19.3 Å². The van der Waals surface area contributed by atoms with Crippen molar-refractivity contribution in [3.8, 4) is 11.6 Å². The van der Waals surface area contributed by atoms with E-state index in [9.17, 15) is 9.59 Å². The zero-order valence-electron chi connectivity index (χ0n) is 14.9. The molecule has 1 saturated carbocycles. The molecule has 2 heterocycles. The van der Waals surface area contributed by atoms with Gasteiger partial charge in [0.05, 0.1) is 12.0 Å². The lowest BCUT2D eigenvalue weighted by molar-refractivity contribution is -0.117. The highest BCUT2D eigenvalue weighted by Gasteiger charge is 2.23. The lowest BCUT2D eigenvalue weighted by atomic mass is 9.86. The molecule has 140 valence electrons. The number of urea groups is 1. The summed E-state index contributed by atoms with van der Waals surface area (Å²) in [4.78, 5) is 24.0. The van der Waals surface area contributed by atoms with Gasteiger partial charge in [-0.05, 0) is 30.9 Å². The van der Waals surface area contributed by atoms with Crippen molar-refractivity contribution in [3.05, 3.63) is 18.4 Å². The molecule has 9 heteroatoms. The van der Waals surface area contributed by atoms with Crippen molar-refractivity contribution in [3.63, 3.8) is 0 Å². The van der Waals surface area contributed by atoms with Gasteiger partial charge in [0.25, 0.3) is 0 Å². The summed E-state index contributed by atoms with van der Waals surface area (Å²) < 4.78 is 7.06. The van der Waals surface area contributed by atoms with Crippen molar-refractivity contribution >= 4 is 23.7 Å². The van der Waals surface area contributed by atoms with E-state index >= 15 is 0 Å². The van der Waals surface area contributed by atoms with E-state index in [1.807, 2.05) is 0 Å². The van der Waals surface area contributed by atoms with Gasteiger partial charge in [-0.2, -0.15) is 0 Å². The van der Waals surface area contributed by atoms with Crippen LogP contribution in [0.3, 0.4) is 0 Å². The summed E-state index contributed by atoms with van der Waals surface area (Å²) in [5.74, 6) is 1.35. The Morgan fingerprint density at radius 2 is 2.15 bits per heavy atom. The summed E-state index contributed by atoms with van der Waals surface area (Å²) in [6.07, 6.45) is 5.96. The van der Waals surface area contributed by atoms with Crippen molar-refractivity contribution in [2.45, 2.75) is 43.8 Å².